The first-order chi connectivity index (χ1) is 13.1. The normalized spacial score (nSPS) is 19.0. The topological polar surface area (TPSA) is 87.7 Å². The van der Waals surface area contributed by atoms with E-state index in [4.69, 9.17) is 4.74 Å². The van der Waals surface area contributed by atoms with E-state index >= 15 is 0 Å². The number of nitrogens with one attached hydrogen (secondary N) is 1. The van der Waals surface area contributed by atoms with Crippen LogP contribution in [0.25, 0.3) is 0 Å². The van der Waals surface area contributed by atoms with Gasteiger partial charge in [-0.3, -0.25) is 4.79 Å². The number of carbonyl (C=O) groups is 2. The van der Waals surface area contributed by atoms with Gasteiger partial charge in [0.1, 0.15) is 5.82 Å². The molecule has 3 heterocycles. The first-order valence-electron chi connectivity index (χ1n) is 9.88. The molecule has 0 unspecified atom stereocenters. The van der Waals surface area contributed by atoms with Gasteiger partial charge >= 0.3 is 6.09 Å². The predicted molar refractivity (Wildman–Crippen MR) is 102 cm³/mol. The van der Waals surface area contributed by atoms with Crippen LogP contribution in [-0.4, -0.2) is 70.8 Å². The number of nitrogens with zero attached hydrogens (tertiary/aromatic N) is 4. The Balaban J connectivity index is 1.48. The Labute approximate surface area is 160 Å². The third kappa shape index (κ3) is 5.08. The van der Waals surface area contributed by atoms with Crippen LogP contribution < -0.4 is 5.32 Å². The minimum Gasteiger partial charge on any atom is -0.450 e. The molecule has 0 saturated carbocycles. The van der Waals surface area contributed by atoms with Gasteiger partial charge in [-0.2, -0.15) is 0 Å². The van der Waals surface area contributed by atoms with E-state index in [9.17, 15) is 9.59 Å². The van der Waals surface area contributed by atoms with E-state index in [2.05, 4.69) is 22.4 Å². The second-order valence-corrected chi connectivity index (χ2v) is 7.38. The zero-order valence-electron chi connectivity index (χ0n) is 16.2. The molecular formula is C19H29N5O3. The number of carbonyl (C=O) groups excluding carboxylic acids is 2. The molecule has 27 heavy (non-hydrogen) atoms. The maximum absolute atomic E-state index is 12.5. The molecule has 2 fully saturated rings. The van der Waals surface area contributed by atoms with Gasteiger partial charge in [-0.25, -0.2) is 4.79 Å². The van der Waals surface area contributed by atoms with Gasteiger partial charge in [0, 0.05) is 32.2 Å². The van der Waals surface area contributed by atoms with E-state index in [1.54, 1.807) is 11.0 Å². The summed E-state index contributed by atoms with van der Waals surface area (Å²) in [6.07, 6.45) is 3.50. The van der Waals surface area contributed by atoms with E-state index in [1.165, 1.54) is 0 Å². The minimum absolute atomic E-state index is 0.0382. The van der Waals surface area contributed by atoms with Crippen LogP contribution in [0.2, 0.25) is 0 Å². The summed E-state index contributed by atoms with van der Waals surface area (Å²) < 4.78 is 5.03. The smallest absolute Gasteiger partial charge is 0.409 e. The molecule has 3 rings (SSSR count). The van der Waals surface area contributed by atoms with Crippen molar-refractivity contribution in [2.45, 2.75) is 45.6 Å². The van der Waals surface area contributed by atoms with Crippen LogP contribution in [0.3, 0.4) is 0 Å². The Bertz CT molecular complexity index is 635. The Morgan fingerprint density at radius 1 is 1.07 bits per heavy atom. The second kappa shape index (κ2) is 9.01. The molecule has 1 aromatic heterocycles. The third-order valence-electron chi connectivity index (χ3n) is 5.33. The summed E-state index contributed by atoms with van der Waals surface area (Å²) in [6, 6.07) is 3.78. The third-order valence-corrected chi connectivity index (χ3v) is 5.33. The summed E-state index contributed by atoms with van der Waals surface area (Å²) >= 11 is 0. The van der Waals surface area contributed by atoms with Crippen molar-refractivity contribution >= 4 is 17.8 Å². The molecule has 0 bridgehead atoms. The number of hydrogen-bond donors (Lipinski definition) is 1. The number of piperidine rings is 2. The highest BCUT2D eigenvalue weighted by Gasteiger charge is 2.25. The number of likely N-dealkylation sites (tertiary alicyclic amines) is 2. The summed E-state index contributed by atoms with van der Waals surface area (Å²) in [5.74, 6) is 1.30. The molecule has 0 aromatic carbocycles. The van der Waals surface area contributed by atoms with E-state index in [-0.39, 0.29) is 18.0 Å². The number of hydrogen-bond acceptors (Lipinski definition) is 6. The monoisotopic (exact) mass is 375 g/mol. The molecule has 8 nitrogen and oxygen atoms in total. The van der Waals surface area contributed by atoms with Crippen molar-refractivity contribution in [3.63, 3.8) is 0 Å². The molecule has 148 valence electrons. The fourth-order valence-electron chi connectivity index (χ4n) is 3.53. The standard InChI is InChI=1S/C19H29N5O3/c1-3-27-19(26)24-12-8-15(9-13-24)20-17-5-4-16(21-22-17)18(25)23-10-6-14(2)7-11-23/h4-5,14-15H,3,6-13H2,1-2H3,(H,20,22). The zero-order valence-corrected chi connectivity index (χ0v) is 16.2. The van der Waals surface area contributed by atoms with Gasteiger partial charge in [-0.1, -0.05) is 6.92 Å². The predicted octanol–water partition coefficient (Wildman–Crippen LogP) is 2.38. The summed E-state index contributed by atoms with van der Waals surface area (Å²) in [5, 5.41) is 11.6. The van der Waals surface area contributed by atoms with Crippen molar-refractivity contribution in [3.8, 4) is 0 Å². The average molecular weight is 375 g/mol. The minimum atomic E-state index is -0.245. The zero-order chi connectivity index (χ0) is 19.2. The van der Waals surface area contributed by atoms with Crippen molar-refractivity contribution in [1.82, 2.24) is 20.0 Å². The molecule has 1 aromatic rings. The molecular weight excluding hydrogens is 346 g/mol. The van der Waals surface area contributed by atoms with E-state index in [0.717, 1.165) is 38.8 Å². The fraction of sp³-hybridized carbons (Fsp3) is 0.684. The molecule has 2 aliphatic rings. The number of rotatable bonds is 4. The maximum Gasteiger partial charge on any atom is 0.409 e. The molecule has 2 saturated heterocycles. The van der Waals surface area contributed by atoms with Gasteiger partial charge in [-0.15, -0.1) is 10.2 Å². The Kier molecular flexibility index (Phi) is 6.47. The van der Waals surface area contributed by atoms with Crippen LogP contribution in [0.1, 0.15) is 50.0 Å². The van der Waals surface area contributed by atoms with Crippen molar-refractivity contribution in [3.05, 3.63) is 17.8 Å². The number of ether oxygens (including phenoxy) is 1. The summed E-state index contributed by atoms with van der Waals surface area (Å²) in [5.41, 5.74) is 0.396. The van der Waals surface area contributed by atoms with Gasteiger partial charge in [0.15, 0.2) is 5.69 Å². The largest absolute Gasteiger partial charge is 0.450 e. The average Bonchev–Trinajstić information content (AvgIpc) is 2.69. The quantitative estimate of drug-likeness (QED) is 0.869. The van der Waals surface area contributed by atoms with Gasteiger partial charge < -0.3 is 19.9 Å². The molecule has 0 atom stereocenters. The van der Waals surface area contributed by atoms with Crippen LogP contribution >= 0.6 is 0 Å². The second-order valence-electron chi connectivity index (χ2n) is 7.38. The summed E-state index contributed by atoms with van der Waals surface area (Å²) in [7, 11) is 0. The van der Waals surface area contributed by atoms with Crippen molar-refractivity contribution < 1.29 is 14.3 Å². The highest BCUT2D eigenvalue weighted by molar-refractivity contribution is 5.92. The highest BCUT2D eigenvalue weighted by atomic mass is 16.6. The Morgan fingerprint density at radius 3 is 2.33 bits per heavy atom. The molecule has 8 heteroatoms. The van der Waals surface area contributed by atoms with Gasteiger partial charge in [0.05, 0.1) is 6.61 Å². The number of anilines is 1. The van der Waals surface area contributed by atoms with Crippen LogP contribution in [0.4, 0.5) is 10.6 Å². The van der Waals surface area contributed by atoms with Crippen molar-refractivity contribution in [2.75, 3.05) is 38.1 Å². The molecule has 1 N–H and O–H groups in total. The lowest BCUT2D eigenvalue weighted by Crippen LogP contribution is -2.42. The van der Waals surface area contributed by atoms with Crippen LogP contribution in [0.15, 0.2) is 12.1 Å². The SMILES string of the molecule is CCOC(=O)N1CCC(Nc2ccc(C(=O)N3CCC(C)CC3)nn2)CC1. The van der Waals surface area contributed by atoms with Crippen molar-refractivity contribution in [1.29, 1.82) is 0 Å². The Hall–Kier alpha value is -2.38. The highest BCUT2D eigenvalue weighted by Crippen LogP contribution is 2.19. The summed E-state index contributed by atoms with van der Waals surface area (Å²) in [4.78, 5) is 27.8. The molecule has 0 spiro atoms. The lowest BCUT2D eigenvalue weighted by molar-refractivity contribution is 0.0690. The van der Waals surface area contributed by atoms with Crippen LogP contribution in [-0.2, 0) is 4.74 Å². The Morgan fingerprint density at radius 2 is 1.74 bits per heavy atom. The van der Waals surface area contributed by atoms with Crippen LogP contribution in [0.5, 0.6) is 0 Å². The van der Waals surface area contributed by atoms with Gasteiger partial charge in [0.2, 0.25) is 0 Å². The molecule has 2 aliphatic heterocycles. The van der Waals surface area contributed by atoms with Gasteiger partial charge in [0.25, 0.3) is 5.91 Å². The van der Waals surface area contributed by atoms with Gasteiger partial charge in [-0.05, 0) is 50.7 Å². The molecule has 0 radical (unpaired) electrons. The van der Waals surface area contributed by atoms with Crippen LogP contribution in [0, 0.1) is 5.92 Å². The fourth-order valence-corrected chi connectivity index (χ4v) is 3.53. The molecule has 0 aliphatic carbocycles. The first-order valence-corrected chi connectivity index (χ1v) is 9.88. The molecule has 2 amide bonds. The lowest BCUT2D eigenvalue weighted by Gasteiger charge is -2.31. The number of amides is 2. The lowest BCUT2D eigenvalue weighted by atomic mass is 9.99. The van der Waals surface area contributed by atoms with E-state index < -0.39 is 0 Å². The number of aromatic nitrogens is 2. The summed E-state index contributed by atoms with van der Waals surface area (Å²) in [6.45, 7) is 7.34. The first kappa shape index (κ1) is 19.4. The maximum atomic E-state index is 12.5. The van der Waals surface area contributed by atoms with E-state index in [0.29, 0.717) is 37.1 Å². The van der Waals surface area contributed by atoms with E-state index in [1.807, 2.05) is 17.9 Å². The van der Waals surface area contributed by atoms with Crippen molar-refractivity contribution in [2.24, 2.45) is 5.92 Å².